The topological polar surface area (TPSA) is 54.8 Å². The average molecular weight is 438 g/mol. The van der Waals surface area contributed by atoms with Crippen LogP contribution >= 0.6 is 27.3 Å². The zero-order valence-corrected chi connectivity index (χ0v) is 17.2. The summed E-state index contributed by atoms with van der Waals surface area (Å²) in [5.74, 6) is 0.726. The van der Waals surface area contributed by atoms with Crippen molar-refractivity contribution in [2.75, 3.05) is 11.9 Å². The van der Waals surface area contributed by atoms with E-state index < -0.39 is 0 Å². The van der Waals surface area contributed by atoms with Crippen molar-refractivity contribution in [1.82, 2.24) is 20.4 Å². The lowest BCUT2D eigenvalue weighted by atomic mass is 10.1. The first kappa shape index (κ1) is 17.8. The highest BCUT2D eigenvalue weighted by Gasteiger charge is 2.13. The number of nitrogens with zero attached hydrogens (tertiary/aromatic N) is 5. The van der Waals surface area contributed by atoms with Crippen LogP contribution in [0.5, 0.6) is 0 Å². The first-order valence-electron chi connectivity index (χ1n) is 8.34. The van der Waals surface area contributed by atoms with Crippen LogP contribution in [-0.2, 0) is 0 Å². The van der Waals surface area contributed by atoms with Gasteiger partial charge in [-0.1, -0.05) is 69.2 Å². The Kier molecular flexibility index (Phi) is 4.96. The van der Waals surface area contributed by atoms with Crippen LogP contribution in [-0.4, -0.2) is 27.4 Å². The Labute approximate surface area is 169 Å². The molecule has 4 rings (SSSR count). The minimum Gasteiger partial charge on any atom is -0.303 e. The number of hydrogen-bond acceptors (Lipinski definition) is 6. The van der Waals surface area contributed by atoms with Crippen LogP contribution in [0.4, 0.5) is 10.9 Å². The van der Waals surface area contributed by atoms with Crippen molar-refractivity contribution in [2.24, 2.45) is 0 Å². The Morgan fingerprint density at radius 2 is 1.48 bits per heavy atom. The first-order valence-corrected chi connectivity index (χ1v) is 9.95. The second-order valence-electron chi connectivity index (χ2n) is 6.10. The molecule has 0 aliphatic carbocycles. The van der Waals surface area contributed by atoms with Crippen LogP contribution in [0.15, 0.2) is 65.1 Å². The maximum Gasteiger partial charge on any atom is 0.214 e. The van der Waals surface area contributed by atoms with Gasteiger partial charge < -0.3 is 4.90 Å². The van der Waals surface area contributed by atoms with E-state index in [4.69, 9.17) is 0 Å². The average Bonchev–Trinajstić information content (AvgIpc) is 3.19. The third-order valence-electron chi connectivity index (χ3n) is 4.13. The van der Waals surface area contributed by atoms with Gasteiger partial charge in [-0.2, -0.15) is 0 Å². The van der Waals surface area contributed by atoms with Gasteiger partial charge in [-0.05, 0) is 31.2 Å². The molecule has 2 aromatic heterocycles. The number of benzene rings is 2. The molecular weight excluding hydrogens is 422 g/mol. The maximum absolute atomic E-state index is 4.36. The van der Waals surface area contributed by atoms with Gasteiger partial charge in [-0.15, -0.1) is 20.4 Å². The standard InChI is InChI=1S/C20H16BrN5S/c1-13-3-5-14(6-4-13)17-11-12-18(23-22-17)26(2)20-25-24-19(27-20)15-7-9-16(21)10-8-15/h3-12H,1-2H3. The Hall–Kier alpha value is -2.64. The van der Waals surface area contributed by atoms with E-state index in [0.717, 1.165) is 37.3 Å². The molecule has 0 unspecified atom stereocenters. The third kappa shape index (κ3) is 3.89. The Morgan fingerprint density at radius 3 is 2.15 bits per heavy atom. The highest BCUT2D eigenvalue weighted by Crippen LogP contribution is 2.31. The zero-order valence-electron chi connectivity index (χ0n) is 14.8. The molecule has 0 bridgehead atoms. The summed E-state index contributed by atoms with van der Waals surface area (Å²) in [6.45, 7) is 2.07. The van der Waals surface area contributed by atoms with Crippen molar-refractivity contribution < 1.29 is 0 Å². The Balaban J connectivity index is 1.55. The number of hydrogen-bond donors (Lipinski definition) is 0. The molecule has 2 heterocycles. The van der Waals surface area contributed by atoms with Gasteiger partial charge in [0.2, 0.25) is 5.13 Å². The Morgan fingerprint density at radius 1 is 0.778 bits per heavy atom. The minimum atomic E-state index is 0.726. The monoisotopic (exact) mass is 437 g/mol. The molecule has 0 spiro atoms. The quantitative estimate of drug-likeness (QED) is 0.421. The van der Waals surface area contributed by atoms with Gasteiger partial charge in [0, 0.05) is 22.6 Å². The molecule has 0 saturated heterocycles. The van der Waals surface area contributed by atoms with E-state index in [2.05, 4.69) is 67.5 Å². The summed E-state index contributed by atoms with van der Waals surface area (Å²) in [6, 6.07) is 20.2. The lowest BCUT2D eigenvalue weighted by Gasteiger charge is -2.13. The third-order valence-corrected chi connectivity index (χ3v) is 5.71. The van der Waals surface area contributed by atoms with Gasteiger partial charge in [0.05, 0.1) is 5.69 Å². The first-order chi connectivity index (χ1) is 13.1. The summed E-state index contributed by atoms with van der Waals surface area (Å²) in [7, 11) is 1.92. The highest BCUT2D eigenvalue weighted by molar-refractivity contribution is 9.10. The molecule has 4 aromatic rings. The molecule has 27 heavy (non-hydrogen) atoms. The van der Waals surface area contributed by atoms with Gasteiger partial charge in [0.25, 0.3) is 0 Å². The van der Waals surface area contributed by atoms with Crippen molar-refractivity contribution in [3.63, 3.8) is 0 Å². The summed E-state index contributed by atoms with van der Waals surface area (Å²) in [6.07, 6.45) is 0. The van der Waals surface area contributed by atoms with Crippen molar-refractivity contribution >= 4 is 38.2 Å². The largest absolute Gasteiger partial charge is 0.303 e. The molecule has 0 radical (unpaired) electrons. The number of halogens is 1. The maximum atomic E-state index is 4.36. The van der Waals surface area contributed by atoms with Gasteiger partial charge >= 0.3 is 0 Å². The molecule has 5 nitrogen and oxygen atoms in total. The van der Waals surface area contributed by atoms with Crippen molar-refractivity contribution in [2.45, 2.75) is 6.92 Å². The SMILES string of the molecule is Cc1ccc(-c2ccc(N(C)c3nnc(-c4ccc(Br)cc4)s3)nn2)cc1. The summed E-state index contributed by atoms with van der Waals surface area (Å²) >= 11 is 4.96. The molecule has 0 N–H and O–H groups in total. The zero-order chi connectivity index (χ0) is 18.8. The van der Waals surface area contributed by atoms with E-state index in [9.17, 15) is 0 Å². The predicted octanol–water partition coefficient (Wildman–Crippen LogP) is 5.50. The Bertz CT molecular complexity index is 1040. The lowest BCUT2D eigenvalue weighted by Crippen LogP contribution is -2.11. The number of anilines is 2. The van der Waals surface area contributed by atoms with Crippen LogP contribution in [0.1, 0.15) is 5.56 Å². The molecule has 7 heteroatoms. The van der Waals surface area contributed by atoms with Crippen LogP contribution in [0.3, 0.4) is 0 Å². The lowest BCUT2D eigenvalue weighted by molar-refractivity contribution is 0.971. The number of aryl methyl sites for hydroxylation is 1. The van der Waals surface area contributed by atoms with E-state index in [0.29, 0.717) is 0 Å². The number of aromatic nitrogens is 4. The summed E-state index contributed by atoms with van der Waals surface area (Å²) in [4.78, 5) is 1.89. The molecule has 134 valence electrons. The van der Waals surface area contributed by atoms with E-state index in [1.54, 1.807) is 0 Å². The fourth-order valence-corrected chi connectivity index (χ4v) is 3.63. The highest BCUT2D eigenvalue weighted by atomic mass is 79.9. The van der Waals surface area contributed by atoms with Crippen molar-refractivity contribution in [1.29, 1.82) is 0 Å². The number of rotatable bonds is 4. The molecular formula is C20H16BrN5S. The molecule has 0 aliphatic rings. The van der Waals surface area contributed by atoms with Gasteiger partial charge in [0.15, 0.2) is 5.82 Å². The minimum absolute atomic E-state index is 0.726. The molecule has 2 aromatic carbocycles. The van der Waals surface area contributed by atoms with E-state index >= 15 is 0 Å². The summed E-state index contributed by atoms with van der Waals surface area (Å²) in [5.41, 5.74) is 4.16. The van der Waals surface area contributed by atoms with Gasteiger partial charge in [-0.3, -0.25) is 0 Å². The molecule has 0 atom stereocenters. The van der Waals surface area contributed by atoms with Crippen LogP contribution in [0.2, 0.25) is 0 Å². The second-order valence-corrected chi connectivity index (χ2v) is 7.97. The van der Waals surface area contributed by atoms with Crippen LogP contribution in [0.25, 0.3) is 21.8 Å². The van der Waals surface area contributed by atoms with Gasteiger partial charge in [-0.25, -0.2) is 0 Å². The smallest absolute Gasteiger partial charge is 0.214 e. The second kappa shape index (κ2) is 7.54. The molecule has 0 aliphatic heterocycles. The van der Waals surface area contributed by atoms with Crippen molar-refractivity contribution in [3.05, 3.63) is 70.7 Å². The normalized spacial score (nSPS) is 10.8. The van der Waals surface area contributed by atoms with Crippen LogP contribution < -0.4 is 4.90 Å². The van der Waals surface area contributed by atoms with Crippen molar-refractivity contribution in [3.8, 4) is 21.8 Å². The van der Waals surface area contributed by atoms with Gasteiger partial charge in [0.1, 0.15) is 5.01 Å². The fraction of sp³-hybridized carbons (Fsp3) is 0.100. The molecule has 0 amide bonds. The summed E-state index contributed by atoms with van der Waals surface area (Å²) in [5, 5.41) is 18.9. The predicted molar refractivity (Wildman–Crippen MR) is 113 cm³/mol. The molecule has 0 saturated carbocycles. The molecule has 0 fully saturated rings. The van der Waals surface area contributed by atoms with Crippen LogP contribution in [0, 0.1) is 6.92 Å². The van der Waals surface area contributed by atoms with E-state index in [1.165, 1.54) is 16.9 Å². The van der Waals surface area contributed by atoms with E-state index in [-0.39, 0.29) is 0 Å². The fourth-order valence-electron chi connectivity index (χ4n) is 2.54. The summed E-state index contributed by atoms with van der Waals surface area (Å²) < 4.78 is 1.04. The van der Waals surface area contributed by atoms with E-state index in [1.807, 2.05) is 48.3 Å².